The Morgan fingerprint density at radius 2 is 2.00 bits per heavy atom. The van der Waals surface area contributed by atoms with Crippen LogP contribution in [0.4, 0.5) is 0 Å². The van der Waals surface area contributed by atoms with E-state index in [2.05, 4.69) is 5.16 Å². The van der Waals surface area contributed by atoms with Gasteiger partial charge < -0.3 is 15.2 Å². The Labute approximate surface area is 165 Å². The van der Waals surface area contributed by atoms with Gasteiger partial charge >= 0.3 is 0 Å². The first-order valence-corrected chi connectivity index (χ1v) is 11.1. The van der Waals surface area contributed by atoms with E-state index in [4.69, 9.17) is 10.3 Å². The van der Waals surface area contributed by atoms with Gasteiger partial charge in [0.05, 0.1) is 6.04 Å². The Hall–Kier alpha value is -0.810. The van der Waals surface area contributed by atoms with E-state index in [0.29, 0.717) is 38.2 Å². The van der Waals surface area contributed by atoms with Crippen molar-refractivity contribution in [2.24, 2.45) is 5.73 Å². The second kappa shape index (κ2) is 9.93. The molecule has 1 unspecified atom stereocenters. The van der Waals surface area contributed by atoms with Crippen LogP contribution in [0.2, 0.25) is 0 Å². The van der Waals surface area contributed by atoms with Gasteiger partial charge in [0.2, 0.25) is 15.9 Å². The number of thioether (sulfide) groups is 1. The highest BCUT2D eigenvalue weighted by molar-refractivity contribution is 7.98. The average molecular weight is 427 g/mol. The molecule has 11 heteroatoms. The number of rotatable bonds is 6. The molecule has 2 rings (SSSR count). The summed E-state index contributed by atoms with van der Waals surface area (Å²) >= 11 is 1.65. The quantitative estimate of drug-likeness (QED) is 0.722. The van der Waals surface area contributed by atoms with E-state index in [-0.39, 0.29) is 35.5 Å². The summed E-state index contributed by atoms with van der Waals surface area (Å²) in [6, 6.07) is -0.529. The Balaban J connectivity index is 0.00000338. The SMILES string of the molecule is CSCCC(N)C(=O)N1CCCN(S(=O)(=O)c2c(C)noc2C)CC1.Cl. The lowest BCUT2D eigenvalue weighted by Crippen LogP contribution is -2.45. The highest BCUT2D eigenvalue weighted by Gasteiger charge is 2.33. The van der Waals surface area contributed by atoms with Crippen molar-refractivity contribution in [3.05, 3.63) is 11.5 Å². The molecule has 0 spiro atoms. The molecule has 1 fully saturated rings. The molecule has 26 heavy (non-hydrogen) atoms. The number of carbonyl (C=O) groups is 1. The first-order chi connectivity index (χ1) is 11.8. The molecular weight excluding hydrogens is 400 g/mol. The predicted molar refractivity (Wildman–Crippen MR) is 104 cm³/mol. The lowest BCUT2D eigenvalue weighted by Gasteiger charge is -2.24. The van der Waals surface area contributed by atoms with E-state index in [1.54, 1.807) is 30.5 Å². The minimum atomic E-state index is -3.68. The van der Waals surface area contributed by atoms with Crippen LogP contribution in [0.15, 0.2) is 9.42 Å². The van der Waals surface area contributed by atoms with Crippen molar-refractivity contribution in [2.45, 2.75) is 37.6 Å². The summed E-state index contributed by atoms with van der Waals surface area (Å²) in [5.41, 5.74) is 6.32. The first-order valence-electron chi connectivity index (χ1n) is 8.25. The van der Waals surface area contributed by atoms with Gasteiger partial charge in [-0.25, -0.2) is 8.42 Å². The third kappa shape index (κ3) is 5.13. The largest absolute Gasteiger partial charge is 0.360 e. The van der Waals surface area contributed by atoms with Crippen LogP contribution >= 0.6 is 24.2 Å². The highest BCUT2D eigenvalue weighted by atomic mass is 35.5. The van der Waals surface area contributed by atoms with Crippen molar-refractivity contribution in [3.8, 4) is 0 Å². The summed E-state index contributed by atoms with van der Waals surface area (Å²) in [6.07, 6.45) is 3.17. The summed E-state index contributed by atoms with van der Waals surface area (Å²) < 4.78 is 32.2. The van der Waals surface area contributed by atoms with Crippen LogP contribution in [-0.4, -0.2) is 72.9 Å². The predicted octanol–water partition coefficient (Wildman–Crippen LogP) is 1.02. The molecular formula is C15H27ClN4O4S2. The topological polar surface area (TPSA) is 110 Å². The van der Waals surface area contributed by atoms with Gasteiger partial charge in [0.1, 0.15) is 10.6 Å². The fraction of sp³-hybridized carbons (Fsp3) is 0.733. The second-order valence-electron chi connectivity index (χ2n) is 6.12. The molecule has 8 nitrogen and oxygen atoms in total. The fourth-order valence-electron chi connectivity index (χ4n) is 2.93. The van der Waals surface area contributed by atoms with E-state index in [0.717, 1.165) is 5.75 Å². The van der Waals surface area contributed by atoms with Gasteiger partial charge in [-0.1, -0.05) is 5.16 Å². The number of carbonyl (C=O) groups excluding carboxylic acids is 1. The molecule has 0 aromatic carbocycles. The zero-order chi connectivity index (χ0) is 18.6. The molecule has 1 amide bonds. The first kappa shape index (κ1) is 23.2. The molecule has 0 radical (unpaired) electrons. The van der Waals surface area contributed by atoms with E-state index in [9.17, 15) is 13.2 Å². The minimum absolute atomic E-state index is 0. The number of hydrogen-bond acceptors (Lipinski definition) is 7. The zero-order valence-corrected chi connectivity index (χ0v) is 17.8. The molecule has 1 saturated heterocycles. The van der Waals surface area contributed by atoms with Crippen molar-refractivity contribution in [1.82, 2.24) is 14.4 Å². The summed E-state index contributed by atoms with van der Waals surface area (Å²) in [4.78, 5) is 14.3. The molecule has 1 aromatic heterocycles. The van der Waals surface area contributed by atoms with Gasteiger partial charge in [-0.2, -0.15) is 16.1 Å². The van der Waals surface area contributed by atoms with Crippen LogP contribution in [0.25, 0.3) is 0 Å². The van der Waals surface area contributed by atoms with E-state index >= 15 is 0 Å². The fourth-order valence-corrected chi connectivity index (χ4v) is 5.18. The maximum atomic E-state index is 12.9. The number of sulfonamides is 1. The number of aromatic nitrogens is 1. The van der Waals surface area contributed by atoms with Gasteiger partial charge in [0.25, 0.3) is 0 Å². The normalized spacial score (nSPS) is 17.5. The molecule has 0 aliphatic carbocycles. The van der Waals surface area contributed by atoms with Gasteiger partial charge in [0.15, 0.2) is 5.76 Å². The number of nitrogens with zero attached hydrogens (tertiary/aromatic N) is 3. The van der Waals surface area contributed by atoms with Crippen LogP contribution in [0, 0.1) is 13.8 Å². The Morgan fingerprint density at radius 3 is 2.58 bits per heavy atom. The van der Waals surface area contributed by atoms with E-state index < -0.39 is 16.1 Å². The third-order valence-corrected chi connectivity index (χ3v) is 7.07. The van der Waals surface area contributed by atoms with Gasteiger partial charge in [0, 0.05) is 26.2 Å². The van der Waals surface area contributed by atoms with Crippen molar-refractivity contribution >= 4 is 40.1 Å². The van der Waals surface area contributed by atoms with Crippen LogP contribution < -0.4 is 5.73 Å². The molecule has 0 bridgehead atoms. The van der Waals surface area contributed by atoms with Gasteiger partial charge in [-0.05, 0) is 38.7 Å². The summed E-state index contributed by atoms with van der Waals surface area (Å²) in [5, 5.41) is 3.73. The van der Waals surface area contributed by atoms with Crippen molar-refractivity contribution in [1.29, 1.82) is 0 Å². The Kier molecular flexibility index (Phi) is 8.87. The van der Waals surface area contributed by atoms with Crippen molar-refractivity contribution in [2.75, 3.05) is 38.2 Å². The number of halogens is 1. The lowest BCUT2D eigenvalue weighted by molar-refractivity contribution is -0.132. The Bertz CT molecular complexity index is 691. The summed E-state index contributed by atoms with van der Waals surface area (Å²) in [7, 11) is -3.68. The lowest BCUT2D eigenvalue weighted by atomic mass is 10.2. The van der Waals surface area contributed by atoms with Crippen LogP contribution in [-0.2, 0) is 14.8 Å². The van der Waals surface area contributed by atoms with E-state index in [1.807, 2.05) is 6.26 Å². The number of amides is 1. The van der Waals surface area contributed by atoms with Gasteiger partial charge in [-0.15, -0.1) is 12.4 Å². The molecule has 1 aromatic rings. The molecule has 0 saturated carbocycles. The second-order valence-corrected chi connectivity index (χ2v) is 8.98. The highest BCUT2D eigenvalue weighted by Crippen LogP contribution is 2.24. The number of aryl methyl sites for hydroxylation is 2. The summed E-state index contributed by atoms with van der Waals surface area (Å²) in [6.45, 7) is 4.66. The molecule has 2 N–H and O–H groups in total. The molecule has 2 heterocycles. The van der Waals surface area contributed by atoms with Crippen LogP contribution in [0.1, 0.15) is 24.3 Å². The van der Waals surface area contributed by atoms with Crippen molar-refractivity contribution in [3.63, 3.8) is 0 Å². The Morgan fingerprint density at radius 1 is 1.31 bits per heavy atom. The number of nitrogens with two attached hydrogens (primary N) is 1. The van der Waals surface area contributed by atoms with E-state index in [1.165, 1.54) is 4.31 Å². The maximum Gasteiger partial charge on any atom is 0.248 e. The maximum absolute atomic E-state index is 12.9. The third-order valence-electron chi connectivity index (χ3n) is 4.28. The molecule has 1 aliphatic rings. The molecule has 150 valence electrons. The standard InChI is InChI=1S/C15H26N4O4S2.ClH/c1-11-14(12(2)23-17-11)25(21,22)19-7-4-6-18(8-9-19)15(20)13(16)5-10-24-3;/h13H,4-10,16H2,1-3H3;1H. The molecule has 1 aliphatic heterocycles. The minimum Gasteiger partial charge on any atom is -0.360 e. The van der Waals surface area contributed by atoms with Gasteiger partial charge in [-0.3, -0.25) is 4.79 Å². The van der Waals surface area contributed by atoms with Crippen molar-refractivity contribution < 1.29 is 17.7 Å². The monoisotopic (exact) mass is 426 g/mol. The molecule has 1 atom stereocenters. The average Bonchev–Trinajstić information content (AvgIpc) is 2.78. The van der Waals surface area contributed by atoms with Crippen LogP contribution in [0.3, 0.4) is 0 Å². The number of hydrogen-bond donors (Lipinski definition) is 1. The summed E-state index contributed by atoms with van der Waals surface area (Å²) in [5.74, 6) is 1.01. The van der Waals surface area contributed by atoms with Crippen LogP contribution in [0.5, 0.6) is 0 Å². The zero-order valence-electron chi connectivity index (χ0n) is 15.3. The smallest absolute Gasteiger partial charge is 0.248 e.